The van der Waals surface area contributed by atoms with Gasteiger partial charge in [-0.05, 0) is 13.5 Å². The normalized spacial score (nSPS) is 20.1. The van der Waals surface area contributed by atoms with E-state index in [1.54, 1.807) is 0 Å². The summed E-state index contributed by atoms with van der Waals surface area (Å²) in [4.78, 5) is 3.84. The second-order valence-corrected chi connectivity index (χ2v) is 6.23. The van der Waals surface area contributed by atoms with Gasteiger partial charge in [0, 0.05) is 48.6 Å². The van der Waals surface area contributed by atoms with Crippen molar-refractivity contribution in [2.45, 2.75) is 12.3 Å². The lowest BCUT2D eigenvalue weighted by Gasteiger charge is -2.17. The highest BCUT2D eigenvalue weighted by atomic mass is 19.2. The number of halogens is 4. The Labute approximate surface area is 137 Å². The number of likely N-dealkylation sites (N-methyl/N-ethyl adjacent to an activating group) is 1. The van der Waals surface area contributed by atoms with E-state index >= 15 is 0 Å². The van der Waals surface area contributed by atoms with E-state index < -0.39 is 34.8 Å². The molecule has 0 amide bonds. The average molecular weight is 345 g/mol. The Bertz CT molecular complexity index is 654. The summed E-state index contributed by atoms with van der Waals surface area (Å²) in [6.07, 6.45) is 0.312. The fourth-order valence-corrected chi connectivity index (χ4v) is 3.38. The molecule has 0 unspecified atom stereocenters. The molecule has 0 aromatic heterocycles. The second-order valence-electron chi connectivity index (χ2n) is 6.23. The van der Waals surface area contributed by atoms with E-state index in [9.17, 15) is 17.6 Å². The van der Waals surface area contributed by atoms with Gasteiger partial charge in [0.15, 0.2) is 23.3 Å². The summed E-state index contributed by atoms with van der Waals surface area (Å²) >= 11 is 0. The van der Waals surface area contributed by atoms with Crippen LogP contribution in [0.25, 0.3) is 0 Å². The van der Waals surface area contributed by atoms with Gasteiger partial charge in [0.2, 0.25) is 0 Å². The Balaban J connectivity index is 1.86. The third kappa shape index (κ3) is 2.95. The first kappa shape index (κ1) is 17.0. The van der Waals surface area contributed by atoms with Gasteiger partial charge in [0.1, 0.15) is 0 Å². The van der Waals surface area contributed by atoms with Crippen molar-refractivity contribution in [2.75, 3.05) is 40.0 Å². The molecule has 1 fully saturated rings. The molecule has 2 heterocycles. The number of nitrogens with zero attached hydrogens (tertiary/aromatic N) is 2. The van der Waals surface area contributed by atoms with Crippen LogP contribution < -0.4 is 5.32 Å². The topological polar surface area (TPSA) is 38.7 Å². The number of nitrogens with one attached hydrogen (secondary N) is 1. The number of hydrogen-bond donors (Lipinski definition) is 2. The van der Waals surface area contributed by atoms with Crippen molar-refractivity contribution in [1.29, 1.82) is 0 Å². The van der Waals surface area contributed by atoms with Crippen LogP contribution in [0.5, 0.6) is 0 Å². The van der Waals surface area contributed by atoms with Crippen LogP contribution >= 0.6 is 0 Å². The van der Waals surface area contributed by atoms with Crippen LogP contribution in [-0.2, 0) is 0 Å². The molecule has 2 N–H and O–H groups in total. The van der Waals surface area contributed by atoms with Crippen LogP contribution in [0.15, 0.2) is 17.5 Å². The molecule has 1 aromatic rings. The molecule has 132 valence electrons. The lowest BCUT2D eigenvalue weighted by atomic mass is 9.95. The van der Waals surface area contributed by atoms with E-state index in [-0.39, 0.29) is 12.7 Å². The molecule has 0 spiro atoms. The summed E-state index contributed by atoms with van der Waals surface area (Å²) in [5, 5.41) is 12.2. The van der Waals surface area contributed by atoms with Gasteiger partial charge in [0.05, 0.1) is 13.3 Å². The van der Waals surface area contributed by atoms with Crippen LogP contribution in [0.2, 0.25) is 0 Å². The summed E-state index contributed by atoms with van der Waals surface area (Å²) in [5.41, 5.74) is 1.29. The maximum absolute atomic E-state index is 14.0. The SMILES string of the molecule is CN(CCO)CC1=C2C[C@H](c3c(F)c(F)cc(F)c3F)CN2CN1. The van der Waals surface area contributed by atoms with E-state index in [0.29, 0.717) is 32.7 Å². The molecule has 0 saturated carbocycles. The van der Waals surface area contributed by atoms with Crippen LogP contribution in [0, 0.1) is 23.3 Å². The lowest BCUT2D eigenvalue weighted by Crippen LogP contribution is -2.29. The Morgan fingerprint density at radius 1 is 1.25 bits per heavy atom. The van der Waals surface area contributed by atoms with Gasteiger partial charge in [-0.3, -0.25) is 4.90 Å². The van der Waals surface area contributed by atoms with Gasteiger partial charge < -0.3 is 15.3 Å². The number of hydrogen-bond acceptors (Lipinski definition) is 4. The molecule has 8 heteroatoms. The summed E-state index contributed by atoms with van der Waals surface area (Å²) in [5.74, 6) is -6.00. The second kappa shape index (κ2) is 6.60. The van der Waals surface area contributed by atoms with Gasteiger partial charge in [0.25, 0.3) is 0 Å². The number of allylic oxidation sites excluding steroid dienone is 1. The predicted molar refractivity (Wildman–Crippen MR) is 79.9 cm³/mol. The molecular formula is C16H19F4N3O. The number of rotatable bonds is 5. The number of benzene rings is 1. The Morgan fingerprint density at radius 3 is 2.54 bits per heavy atom. The largest absolute Gasteiger partial charge is 0.395 e. The minimum atomic E-state index is -1.37. The van der Waals surface area contributed by atoms with E-state index in [0.717, 1.165) is 11.4 Å². The minimum Gasteiger partial charge on any atom is -0.395 e. The van der Waals surface area contributed by atoms with Crippen molar-refractivity contribution in [3.8, 4) is 0 Å². The Hall–Kier alpha value is -1.80. The van der Waals surface area contributed by atoms with Crippen molar-refractivity contribution in [2.24, 2.45) is 0 Å². The molecule has 1 aromatic carbocycles. The van der Waals surface area contributed by atoms with E-state index in [2.05, 4.69) is 5.32 Å². The molecule has 0 bridgehead atoms. The summed E-state index contributed by atoms with van der Waals surface area (Å²) in [6, 6.07) is 0.236. The van der Waals surface area contributed by atoms with E-state index in [4.69, 9.17) is 5.11 Å². The molecule has 2 aliphatic rings. The molecule has 2 aliphatic heterocycles. The van der Waals surface area contributed by atoms with Crippen LogP contribution in [0.3, 0.4) is 0 Å². The fraction of sp³-hybridized carbons (Fsp3) is 0.500. The maximum atomic E-state index is 14.0. The molecule has 1 atom stereocenters. The Kier molecular flexibility index (Phi) is 4.69. The summed E-state index contributed by atoms with van der Waals surface area (Å²) in [7, 11) is 1.85. The minimum absolute atomic E-state index is 0.0322. The highest BCUT2D eigenvalue weighted by molar-refractivity contribution is 5.33. The molecular weight excluding hydrogens is 326 g/mol. The lowest BCUT2D eigenvalue weighted by molar-refractivity contribution is 0.228. The van der Waals surface area contributed by atoms with Gasteiger partial charge in [-0.2, -0.15) is 0 Å². The monoisotopic (exact) mass is 345 g/mol. The molecule has 1 saturated heterocycles. The predicted octanol–water partition coefficient (Wildman–Crippen LogP) is 1.73. The van der Waals surface area contributed by atoms with Gasteiger partial charge in [-0.25, -0.2) is 17.6 Å². The molecule has 24 heavy (non-hydrogen) atoms. The maximum Gasteiger partial charge on any atom is 0.165 e. The van der Waals surface area contributed by atoms with Crippen LogP contribution in [-0.4, -0.2) is 54.9 Å². The van der Waals surface area contributed by atoms with E-state index in [1.807, 2.05) is 16.8 Å². The van der Waals surface area contributed by atoms with Gasteiger partial charge in [-0.1, -0.05) is 0 Å². The van der Waals surface area contributed by atoms with Crippen molar-refractivity contribution in [3.63, 3.8) is 0 Å². The van der Waals surface area contributed by atoms with Crippen LogP contribution in [0.4, 0.5) is 17.6 Å². The third-order valence-electron chi connectivity index (χ3n) is 4.56. The first-order valence-electron chi connectivity index (χ1n) is 7.75. The smallest absolute Gasteiger partial charge is 0.165 e. The molecule has 4 nitrogen and oxygen atoms in total. The fourth-order valence-electron chi connectivity index (χ4n) is 3.38. The first-order valence-corrected chi connectivity index (χ1v) is 7.75. The standard InChI is InChI=1S/C16H19F4N3O/c1-22(2-3-24)7-12-13-4-9(6-23(13)8-21-12)14-15(19)10(17)5-11(18)16(14)20/h5,9,21,24H,2-4,6-8H2,1H3/t9-/m0/s1. The number of aliphatic hydroxyl groups is 1. The van der Waals surface area contributed by atoms with Crippen LogP contribution in [0.1, 0.15) is 17.9 Å². The summed E-state index contributed by atoms with van der Waals surface area (Å²) < 4.78 is 54.9. The highest BCUT2D eigenvalue weighted by Gasteiger charge is 2.37. The van der Waals surface area contributed by atoms with E-state index in [1.165, 1.54) is 0 Å². The van der Waals surface area contributed by atoms with Crippen molar-refractivity contribution in [1.82, 2.24) is 15.1 Å². The Morgan fingerprint density at radius 2 is 1.92 bits per heavy atom. The number of aliphatic hydroxyl groups excluding tert-OH is 1. The summed E-state index contributed by atoms with van der Waals surface area (Å²) in [6.45, 7) is 1.88. The highest BCUT2D eigenvalue weighted by Crippen LogP contribution is 2.40. The number of fused-ring (bicyclic) bond motifs is 1. The van der Waals surface area contributed by atoms with Gasteiger partial charge >= 0.3 is 0 Å². The molecule has 3 rings (SSSR count). The van der Waals surface area contributed by atoms with Crippen molar-refractivity contribution < 1.29 is 22.7 Å². The molecule has 0 radical (unpaired) electrons. The quantitative estimate of drug-likeness (QED) is 0.630. The first-order chi connectivity index (χ1) is 11.4. The average Bonchev–Trinajstić information content (AvgIpc) is 3.08. The van der Waals surface area contributed by atoms with Crippen molar-refractivity contribution >= 4 is 0 Å². The zero-order valence-electron chi connectivity index (χ0n) is 13.3. The van der Waals surface area contributed by atoms with Crippen molar-refractivity contribution in [3.05, 3.63) is 46.3 Å². The van der Waals surface area contributed by atoms with Gasteiger partial charge in [-0.15, -0.1) is 0 Å². The third-order valence-corrected chi connectivity index (χ3v) is 4.56. The molecule has 0 aliphatic carbocycles. The zero-order valence-corrected chi connectivity index (χ0v) is 13.3. The zero-order chi connectivity index (χ0) is 17.4.